The van der Waals surface area contributed by atoms with Crippen LogP contribution < -0.4 is 10.9 Å². The fourth-order valence-electron chi connectivity index (χ4n) is 5.74. The monoisotopic (exact) mass is 418 g/mol. The molecular weight excluding hydrogens is 388 g/mol. The van der Waals surface area contributed by atoms with Crippen molar-refractivity contribution in [3.63, 3.8) is 0 Å². The van der Waals surface area contributed by atoms with Gasteiger partial charge in [-0.2, -0.15) is 0 Å². The zero-order valence-corrected chi connectivity index (χ0v) is 18.1. The van der Waals surface area contributed by atoms with Crippen LogP contribution in [0, 0.1) is 35.0 Å². The Labute approximate surface area is 175 Å². The van der Waals surface area contributed by atoms with Gasteiger partial charge in [0.05, 0.1) is 17.4 Å². The molecule has 0 spiro atoms. The summed E-state index contributed by atoms with van der Waals surface area (Å²) in [6.45, 7) is 6.79. The molecule has 0 radical (unpaired) electrons. The third kappa shape index (κ3) is 3.69. The average Bonchev–Trinajstić information content (AvgIpc) is 3.37. The van der Waals surface area contributed by atoms with Crippen LogP contribution in [0.1, 0.15) is 67.3 Å². The van der Waals surface area contributed by atoms with Gasteiger partial charge in [-0.25, -0.2) is 0 Å². The summed E-state index contributed by atoms with van der Waals surface area (Å²) in [4.78, 5) is 38.3. The van der Waals surface area contributed by atoms with Gasteiger partial charge in [0.2, 0.25) is 5.91 Å². The standard InChI is InChI=1S/C22H30N2O4S/c1-22(2,3)13-6-7-14-15(10-29-16(14)9-13)19(25)23-24-20(26)17-11-4-5-12(8-11)18(17)21(27)28/h10-13,17-18H,4-9H2,1-3H3,(H,23,25)(H,24,26)(H,27,28)/t11-,12+,13-,17+,18+/m1/s1. The Kier molecular flexibility index (Phi) is 5.21. The highest BCUT2D eigenvalue weighted by atomic mass is 32.1. The molecule has 6 nitrogen and oxygen atoms in total. The van der Waals surface area contributed by atoms with E-state index < -0.39 is 17.8 Å². The molecule has 3 aliphatic carbocycles. The van der Waals surface area contributed by atoms with Crippen LogP contribution in [0.3, 0.4) is 0 Å². The maximum atomic E-state index is 12.7. The highest BCUT2D eigenvalue weighted by molar-refractivity contribution is 7.10. The van der Waals surface area contributed by atoms with Crippen molar-refractivity contribution in [1.29, 1.82) is 0 Å². The molecule has 2 fully saturated rings. The summed E-state index contributed by atoms with van der Waals surface area (Å²) in [6, 6.07) is 0. The van der Waals surface area contributed by atoms with Gasteiger partial charge < -0.3 is 5.11 Å². The van der Waals surface area contributed by atoms with E-state index in [4.69, 9.17) is 0 Å². The number of carbonyl (C=O) groups excluding carboxylic acids is 2. The van der Waals surface area contributed by atoms with E-state index in [0.717, 1.165) is 44.1 Å². The number of thiophene rings is 1. The fraction of sp³-hybridized carbons (Fsp3) is 0.682. The van der Waals surface area contributed by atoms with Gasteiger partial charge >= 0.3 is 5.97 Å². The molecule has 7 heteroatoms. The van der Waals surface area contributed by atoms with Gasteiger partial charge in [0, 0.05) is 10.3 Å². The molecule has 0 unspecified atom stereocenters. The molecule has 5 atom stereocenters. The second-order valence-electron chi connectivity index (χ2n) is 10.0. The molecule has 158 valence electrons. The zero-order chi connectivity index (χ0) is 20.9. The molecule has 1 aromatic heterocycles. The molecule has 3 aliphatic rings. The molecule has 0 aromatic carbocycles. The molecule has 2 amide bonds. The SMILES string of the molecule is CC(C)(C)[C@@H]1CCc2c(C(=O)NNC(=O)[C@H]3[C@@H]4CC[C@@H](C4)[C@@H]3C(=O)O)csc2C1. The van der Waals surface area contributed by atoms with E-state index in [1.54, 1.807) is 11.3 Å². The summed E-state index contributed by atoms with van der Waals surface area (Å²) in [7, 11) is 0. The first-order valence-electron chi connectivity index (χ1n) is 10.6. The lowest BCUT2D eigenvalue weighted by molar-refractivity contribution is -0.149. The van der Waals surface area contributed by atoms with Gasteiger partial charge in [0.25, 0.3) is 5.91 Å². The minimum atomic E-state index is -0.899. The van der Waals surface area contributed by atoms with Crippen LogP contribution in [-0.2, 0) is 22.4 Å². The van der Waals surface area contributed by atoms with E-state index in [0.29, 0.717) is 11.5 Å². The van der Waals surface area contributed by atoms with E-state index in [2.05, 4.69) is 31.6 Å². The van der Waals surface area contributed by atoms with Crippen LogP contribution in [0.5, 0.6) is 0 Å². The maximum Gasteiger partial charge on any atom is 0.307 e. The highest BCUT2D eigenvalue weighted by Crippen LogP contribution is 2.52. The number of carboxylic acids is 1. The number of fused-ring (bicyclic) bond motifs is 3. The van der Waals surface area contributed by atoms with Crippen molar-refractivity contribution in [2.45, 2.75) is 59.3 Å². The first-order chi connectivity index (χ1) is 13.7. The quantitative estimate of drug-likeness (QED) is 0.656. The van der Waals surface area contributed by atoms with Gasteiger partial charge in [-0.05, 0) is 67.3 Å². The molecule has 29 heavy (non-hydrogen) atoms. The van der Waals surface area contributed by atoms with E-state index in [9.17, 15) is 19.5 Å². The normalized spacial score (nSPS) is 30.7. The molecular formula is C22H30N2O4S. The number of aliphatic carboxylic acids is 1. The molecule has 1 aromatic rings. The summed E-state index contributed by atoms with van der Waals surface area (Å²) in [5.74, 6) is -1.94. The summed E-state index contributed by atoms with van der Waals surface area (Å²) < 4.78 is 0. The fourth-order valence-corrected chi connectivity index (χ4v) is 6.90. The van der Waals surface area contributed by atoms with Gasteiger partial charge in [-0.15, -0.1) is 11.3 Å². The Balaban J connectivity index is 1.39. The third-order valence-corrected chi connectivity index (χ3v) is 8.48. The third-order valence-electron chi connectivity index (χ3n) is 7.43. The number of nitrogens with one attached hydrogen (secondary N) is 2. The Morgan fingerprint density at radius 3 is 2.41 bits per heavy atom. The Bertz CT molecular complexity index is 840. The maximum absolute atomic E-state index is 12.7. The minimum Gasteiger partial charge on any atom is -0.481 e. The van der Waals surface area contributed by atoms with Gasteiger partial charge in [-0.3, -0.25) is 25.2 Å². The van der Waals surface area contributed by atoms with Crippen molar-refractivity contribution >= 4 is 29.1 Å². The van der Waals surface area contributed by atoms with Crippen molar-refractivity contribution in [1.82, 2.24) is 10.9 Å². The molecule has 0 saturated heterocycles. The highest BCUT2D eigenvalue weighted by Gasteiger charge is 2.54. The molecule has 1 heterocycles. The number of carbonyl (C=O) groups is 3. The van der Waals surface area contributed by atoms with Gasteiger partial charge in [0.1, 0.15) is 0 Å². The predicted molar refractivity (Wildman–Crippen MR) is 110 cm³/mol. The lowest BCUT2D eigenvalue weighted by atomic mass is 9.72. The second-order valence-corrected chi connectivity index (χ2v) is 11.0. The lowest BCUT2D eigenvalue weighted by Gasteiger charge is -2.34. The summed E-state index contributed by atoms with van der Waals surface area (Å²) in [5, 5.41) is 11.4. The van der Waals surface area contributed by atoms with Crippen LogP contribution in [-0.4, -0.2) is 22.9 Å². The number of carboxylic acid groups (broad SMARTS) is 1. The topological polar surface area (TPSA) is 95.5 Å². The Morgan fingerprint density at radius 1 is 1.07 bits per heavy atom. The number of hydrazine groups is 1. The molecule has 0 aliphatic heterocycles. The lowest BCUT2D eigenvalue weighted by Crippen LogP contribution is -2.48. The van der Waals surface area contributed by atoms with Crippen LogP contribution in [0.25, 0.3) is 0 Å². The van der Waals surface area contributed by atoms with Crippen LogP contribution in [0.2, 0.25) is 0 Å². The van der Waals surface area contributed by atoms with Gasteiger partial charge in [0.15, 0.2) is 0 Å². The first kappa shape index (κ1) is 20.4. The Morgan fingerprint density at radius 2 is 1.76 bits per heavy atom. The van der Waals surface area contributed by atoms with Crippen LogP contribution in [0.15, 0.2) is 5.38 Å². The number of hydrogen-bond donors (Lipinski definition) is 3. The average molecular weight is 419 g/mol. The van der Waals surface area contributed by atoms with Crippen molar-refractivity contribution in [3.8, 4) is 0 Å². The Hall–Kier alpha value is -1.89. The summed E-state index contributed by atoms with van der Waals surface area (Å²) in [5.41, 5.74) is 7.06. The number of rotatable bonds is 3. The largest absolute Gasteiger partial charge is 0.481 e. The first-order valence-corrected chi connectivity index (χ1v) is 11.5. The molecule has 2 bridgehead atoms. The zero-order valence-electron chi connectivity index (χ0n) is 17.3. The number of hydrogen-bond acceptors (Lipinski definition) is 4. The molecule has 3 N–H and O–H groups in total. The van der Waals surface area contributed by atoms with E-state index in [1.165, 1.54) is 4.88 Å². The van der Waals surface area contributed by atoms with Crippen molar-refractivity contribution in [3.05, 3.63) is 21.4 Å². The summed E-state index contributed by atoms with van der Waals surface area (Å²) >= 11 is 1.62. The van der Waals surface area contributed by atoms with Crippen molar-refractivity contribution < 1.29 is 19.5 Å². The predicted octanol–water partition coefficient (Wildman–Crippen LogP) is 3.41. The summed E-state index contributed by atoms with van der Waals surface area (Å²) in [6.07, 6.45) is 5.52. The second kappa shape index (κ2) is 7.42. The molecule has 2 saturated carbocycles. The van der Waals surface area contributed by atoms with E-state index in [-0.39, 0.29) is 29.1 Å². The van der Waals surface area contributed by atoms with E-state index in [1.807, 2.05) is 5.38 Å². The van der Waals surface area contributed by atoms with Crippen LogP contribution >= 0.6 is 11.3 Å². The van der Waals surface area contributed by atoms with Crippen molar-refractivity contribution in [2.24, 2.45) is 35.0 Å². The van der Waals surface area contributed by atoms with Crippen LogP contribution in [0.4, 0.5) is 0 Å². The minimum absolute atomic E-state index is 0.0867. The number of amides is 2. The van der Waals surface area contributed by atoms with Gasteiger partial charge in [-0.1, -0.05) is 20.8 Å². The van der Waals surface area contributed by atoms with E-state index >= 15 is 0 Å². The van der Waals surface area contributed by atoms with Crippen molar-refractivity contribution in [2.75, 3.05) is 0 Å². The smallest absolute Gasteiger partial charge is 0.307 e. The molecule has 4 rings (SSSR count).